The maximum Gasteiger partial charge on any atom is 0.136 e. The van der Waals surface area contributed by atoms with Gasteiger partial charge in [0.05, 0.1) is 24.1 Å². The Morgan fingerprint density at radius 1 is 1.43 bits per heavy atom. The van der Waals surface area contributed by atoms with E-state index >= 15 is 0 Å². The smallest absolute Gasteiger partial charge is 0.136 e. The zero-order valence-electron chi connectivity index (χ0n) is 13.7. The van der Waals surface area contributed by atoms with Crippen LogP contribution in [0.2, 0.25) is 0 Å². The van der Waals surface area contributed by atoms with Crippen molar-refractivity contribution in [3.05, 3.63) is 36.3 Å². The van der Waals surface area contributed by atoms with Gasteiger partial charge in [0.1, 0.15) is 5.65 Å². The fraction of sp³-hybridized carbons (Fsp3) is 0.611. The summed E-state index contributed by atoms with van der Waals surface area (Å²) in [7, 11) is 0. The maximum absolute atomic E-state index is 10.8. The number of aliphatic hydroxyl groups is 1. The van der Waals surface area contributed by atoms with E-state index in [9.17, 15) is 5.11 Å². The van der Waals surface area contributed by atoms with Crippen molar-refractivity contribution >= 4 is 5.65 Å². The minimum atomic E-state index is -0.620. The average molecular weight is 315 g/mol. The molecule has 0 unspecified atom stereocenters. The summed E-state index contributed by atoms with van der Waals surface area (Å²) in [6, 6.07) is 6.48. The lowest BCUT2D eigenvalue weighted by Gasteiger charge is -2.43. The van der Waals surface area contributed by atoms with Gasteiger partial charge in [-0.25, -0.2) is 4.98 Å². The molecule has 124 valence electrons. The van der Waals surface area contributed by atoms with Gasteiger partial charge in [-0.05, 0) is 44.9 Å². The van der Waals surface area contributed by atoms with Gasteiger partial charge in [0, 0.05) is 31.3 Å². The van der Waals surface area contributed by atoms with Crippen molar-refractivity contribution in [3.8, 4) is 0 Å². The number of rotatable bonds is 3. The number of ether oxygens (including phenoxy) is 1. The van der Waals surface area contributed by atoms with Crippen molar-refractivity contribution in [2.24, 2.45) is 5.92 Å². The summed E-state index contributed by atoms with van der Waals surface area (Å²) in [6.07, 6.45) is 7.11. The molecule has 1 N–H and O–H groups in total. The minimum Gasteiger partial charge on any atom is -0.390 e. The Hall–Kier alpha value is -1.43. The van der Waals surface area contributed by atoms with E-state index in [2.05, 4.69) is 20.5 Å². The highest BCUT2D eigenvalue weighted by Gasteiger charge is 2.44. The predicted octanol–water partition coefficient (Wildman–Crippen LogP) is 2.09. The molecule has 4 rings (SSSR count). The molecule has 2 saturated heterocycles. The summed E-state index contributed by atoms with van der Waals surface area (Å²) in [5.41, 5.74) is 1.58. The molecule has 0 spiro atoms. The highest BCUT2D eigenvalue weighted by molar-refractivity contribution is 5.39. The zero-order chi connectivity index (χ0) is 15.9. The van der Waals surface area contributed by atoms with Crippen molar-refractivity contribution < 1.29 is 9.84 Å². The number of imidazole rings is 1. The van der Waals surface area contributed by atoms with Crippen LogP contribution in [0.5, 0.6) is 0 Å². The quantitative estimate of drug-likeness (QED) is 0.942. The summed E-state index contributed by atoms with van der Waals surface area (Å²) in [5, 5.41) is 10.8. The molecule has 2 aliphatic heterocycles. The molecule has 3 atom stereocenters. The molecule has 2 fully saturated rings. The number of nitrogens with zero attached hydrogens (tertiary/aromatic N) is 3. The lowest BCUT2D eigenvalue weighted by Crippen LogP contribution is -2.52. The van der Waals surface area contributed by atoms with Gasteiger partial charge in [-0.2, -0.15) is 0 Å². The first-order valence-corrected chi connectivity index (χ1v) is 8.60. The standard InChI is InChI=1S/C18H25N3O2/c1-18(22)7-10-23-13-15(18)16-5-4-8-20(16)12-14-11-19-17-6-2-3-9-21(14)17/h2-3,6,9,11,15-16,22H,4-5,7-8,10,12-13H2,1H3/t15-,16+,18-/m0/s1. The summed E-state index contributed by atoms with van der Waals surface area (Å²) < 4.78 is 7.84. The SMILES string of the molecule is C[C@]1(O)CCOC[C@H]1[C@H]1CCCN1Cc1cnc2ccccn12. The van der Waals surface area contributed by atoms with Gasteiger partial charge in [-0.3, -0.25) is 4.90 Å². The largest absolute Gasteiger partial charge is 0.390 e. The van der Waals surface area contributed by atoms with Gasteiger partial charge >= 0.3 is 0 Å². The lowest BCUT2D eigenvalue weighted by molar-refractivity contribution is -0.123. The molecule has 5 nitrogen and oxygen atoms in total. The Kier molecular flexibility index (Phi) is 3.87. The normalized spacial score (nSPS) is 32.6. The third-order valence-electron chi connectivity index (χ3n) is 5.59. The highest BCUT2D eigenvalue weighted by atomic mass is 16.5. The van der Waals surface area contributed by atoms with Crippen molar-refractivity contribution in [1.82, 2.24) is 14.3 Å². The molecule has 2 aromatic rings. The summed E-state index contributed by atoms with van der Waals surface area (Å²) in [5.74, 6) is 0.193. The molecule has 23 heavy (non-hydrogen) atoms. The molecule has 0 saturated carbocycles. The van der Waals surface area contributed by atoms with Gasteiger partial charge < -0.3 is 14.2 Å². The number of aromatic nitrogens is 2. The van der Waals surface area contributed by atoms with Crippen molar-refractivity contribution in [1.29, 1.82) is 0 Å². The molecular formula is C18H25N3O2. The van der Waals surface area contributed by atoms with Crippen molar-refractivity contribution in [2.45, 2.75) is 44.4 Å². The molecule has 2 aromatic heterocycles. The molecule has 0 amide bonds. The molecule has 5 heteroatoms. The van der Waals surface area contributed by atoms with Gasteiger partial charge in [0.2, 0.25) is 0 Å². The predicted molar refractivity (Wildman–Crippen MR) is 88.2 cm³/mol. The minimum absolute atomic E-state index is 0.193. The third kappa shape index (κ3) is 2.77. The number of pyridine rings is 1. The average Bonchev–Trinajstić information content (AvgIpc) is 3.15. The first-order valence-electron chi connectivity index (χ1n) is 8.60. The molecule has 0 aliphatic carbocycles. The molecule has 2 aliphatic rings. The third-order valence-corrected chi connectivity index (χ3v) is 5.59. The first kappa shape index (κ1) is 15.1. The lowest BCUT2D eigenvalue weighted by atomic mass is 9.79. The van der Waals surface area contributed by atoms with Crippen LogP contribution in [0.15, 0.2) is 30.6 Å². The van der Waals surface area contributed by atoms with E-state index in [1.165, 1.54) is 12.1 Å². The van der Waals surface area contributed by atoms with Crippen LogP contribution in [-0.2, 0) is 11.3 Å². The molecule has 4 heterocycles. The van der Waals surface area contributed by atoms with E-state index in [0.717, 1.165) is 31.6 Å². The van der Waals surface area contributed by atoms with E-state index in [1.807, 2.05) is 31.3 Å². The molecule has 0 radical (unpaired) electrons. The van der Waals surface area contributed by atoms with Crippen LogP contribution in [0.4, 0.5) is 0 Å². The van der Waals surface area contributed by atoms with Crippen LogP contribution < -0.4 is 0 Å². The number of hydrogen-bond donors (Lipinski definition) is 1. The fourth-order valence-electron chi connectivity index (χ4n) is 4.19. The van der Waals surface area contributed by atoms with Gasteiger partial charge in [0.15, 0.2) is 0 Å². The molecular weight excluding hydrogens is 290 g/mol. The van der Waals surface area contributed by atoms with Crippen LogP contribution in [0.3, 0.4) is 0 Å². The second-order valence-electron chi connectivity index (χ2n) is 7.15. The number of fused-ring (bicyclic) bond motifs is 1. The Morgan fingerprint density at radius 2 is 2.35 bits per heavy atom. The van der Waals surface area contributed by atoms with Crippen molar-refractivity contribution in [2.75, 3.05) is 19.8 Å². The number of hydrogen-bond acceptors (Lipinski definition) is 4. The Bertz CT molecular complexity index is 682. The van der Waals surface area contributed by atoms with Crippen LogP contribution in [0.1, 0.15) is 31.9 Å². The summed E-state index contributed by atoms with van der Waals surface area (Å²) in [6.45, 7) is 5.27. The monoisotopic (exact) mass is 315 g/mol. The first-order chi connectivity index (χ1) is 11.1. The molecule has 0 bridgehead atoms. The fourth-order valence-corrected chi connectivity index (χ4v) is 4.19. The Labute approximate surface area is 136 Å². The van der Waals surface area contributed by atoms with Crippen LogP contribution in [0, 0.1) is 5.92 Å². The summed E-state index contributed by atoms with van der Waals surface area (Å²) >= 11 is 0. The second-order valence-corrected chi connectivity index (χ2v) is 7.15. The van der Waals surface area contributed by atoms with Gasteiger partial charge in [0.25, 0.3) is 0 Å². The Balaban J connectivity index is 1.56. The molecule has 0 aromatic carbocycles. The van der Waals surface area contributed by atoms with Gasteiger partial charge in [-0.1, -0.05) is 6.07 Å². The van der Waals surface area contributed by atoms with Crippen LogP contribution >= 0.6 is 0 Å². The highest BCUT2D eigenvalue weighted by Crippen LogP contribution is 2.36. The topological polar surface area (TPSA) is 50.0 Å². The van der Waals surface area contributed by atoms with Crippen molar-refractivity contribution in [3.63, 3.8) is 0 Å². The second kappa shape index (κ2) is 5.89. The van der Waals surface area contributed by atoms with E-state index in [0.29, 0.717) is 19.3 Å². The van der Waals surface area contributed by atoms with E-state index < -0.39 is 5.60 Å². The summed E-state index contributed by atoms with van der Waals surface area (Å²) in [4.78, 5) is 6.99. The van der Waals surface area contributed by atoms with Crippen LogP contribution in [-0.4, -0.2) is 50.8 Å². The van der Waals surface area contributed by atoms with E-state index in [1.54, 1.807) is 0 Å². The van der Waals surface area contributed by atoms with E-state index in [4.69, 9.17) is 4.74 Å². The zero-order valence-corrected chi connectivity index (χ0v) is 13.7. The van der Waals surface area contributed by atoms with Gasteiger partial charge in [-0.15, -0.1) is 0 Å². The Morgan fingerprint density at radius 3 is 3.22 bits per heavy atom. The number of likely N-dealkylation sites (tertiary alicyclic amines) is 1. The maximum atomic E-state index is 10.8. The van der Waals surface area contributed by atoms with Crippen LogP contribution in [0.25, 0.3) is 5.65 Å². The van der Waals surface area contributed by atoms with E-state index in [-0.39, 0.29) is 5.92 Å².